The molecule has 0 aromatic heterocycles. The van der Waals surface area contributed by atoms with Crippen LogP contribution in [0, 0.1) is 5.92 Å². The van der Waals surface area contributed by atoms with Crippen molar-refractivity contribution in [3.63, 3.8) is 0 Å². The quantitative estimate of drug-likeness (QED) is 0.660. The van der Waals surface area contributed by atoms with E-state index in [1.165, 1.54) is 51.7 Å². The van der Waals surface area contributed by atoms with Gasteiger partial charge in [-0.2, -0.15) is 0 Å². The van der Waals surface area contributed by atoms with Gasteiger partial charge >= 0.3 is 0 Å². The average molecular weight is 270 g/mol. The largest absolute Gasteiger partial charge is 0.381 e. The van der Waals surface area contributed by atoms with Crippen LogP contribution in [0.5, 0.6) is 0 Å². The second-order valence-corrected chi connectivity index (χ2v) is 5.76. The Balaban J connectivity index is 2.32. The molecule has 1 aliphatic rings. The Morgan fingerprint density at radius 2 is 1.84 bits per heavy atom. The van der Waals surface area contributed by atoms with Gasteiger partial charge in [-0.25, -0.2) is 0 Å². The van der Waals surface area contributed by atoms with Gasteiger partial charge in [-0.05, 0) is 64.2 Å². The molecular formula is C16H34N2O. The molecule has 1 N–H and O–H groups in total. The molecule has 0 amide bonds. The Morgan fingerprint density at radius 3 is 2.42 bits per heavy atom. The van der Waals surface area contributed by atoms with Crippen molar-refractivity contribution in [1.29, 1.82) is 0 Å². The summed E-state index contributed by atoms with van der Waals surface area (Å²) in [7, 11) is 0. The molecule has 0 aromatic rings. The molecule has 1 fully saturated rings. The predicted octanol–water partition coefficient (Wildman–Crippen LogP) is 2.90. The van der Waals surface area contributed by atoms with Crippen LogP contribution >= 0.6 is 0 Å². The van der Waals surface area contributed by atoms with E-state index in [4.69, 9.17) is 4.74 Å². The van der Waals surface area contributed by atoms with Crippen LogP contribution in [0.1, 0.15) is 52.9 Å². The predicted molar refractivity (Wildman–Crippen MR) is 82.6 cm³/mol. The molecule has 3 nitrogen and oxygen atoms in total. The molecule has 0 aromatic carbocycles. The Morgan fingerprint density at radius 1 is 1.16 bits per heavy atom. The third kappa shape index (κ3) is 7.28. The molecule has 1 aliphatic heterocycles. The molecule has 19 heavy (non-hydrogen) atoms. The second kappa shape index (κ2) is 10.6. The fourth-order valence-corrected chi connectivity index (χ4v) is 2.91. The highest BCUT2D eigenvalue weighted by Crippen LogP contribution is 2.21. The summed E-state index contributed by atoms with van der Waals surface area (Å²) in [5.41, 5.74) is 0. The Labute approximate surface area is 120 Å². The monoisotopic (exact) mass is 270 g/mol. The summed E-state index contributed by atoms with van der Waals surface area (Å²) in [6.45, 7) is 13.5. The van der Waals surface area contributed by atoms with Gasteiger partial charge in [-0.15, -0.1) is 0 Å². The highest BCUT2D eigenvalue weighted by molar-refractivity contribution is 4.75. The molecule has 0 radical (unpaired) electrons. The van der Waals surface area contributed by atoms with E-state index in [0.29, 0.717) is 6.04 Å². The highest BCUT2D eigenvalue weighted by Gasteiger charge is 2.19. The third-order valence-corrected chi connectivity index (χ3v) is 4.33. The first-order valence-electron chi connectivity index (χ1n) is 8.33. The minimum atomic E-state index is 0.698. The molecule has 0 bridgehead atoms. The van der Waals surface area contributed by atoms with Crippen LogP contribution < -0.4 is 5.32 Å². The summed E-state index contributed by atoms with van der Waals surface area (Å²) >= 11 is 0. The molecule has 3 heteroatoms. The zero-order chi connectivity index (χ0) is 13.9. The maximum absolute atomic E-state index is 5.47. The minimum absolute atomic E-state index is 0.698. The molecule has 0 aliphatic carbocycles. The standard InChI is InChI=1S/C16H34N2O/c1-4-10-17-16(7-11-18(5-2)6-3)14-15-8-12-19-13-9-15/h15-17H,4-14H2,1-3H3. The molecule has 1 atom stereocenters. The van der Waals surface area contributed by atoms with Crippen molar-refractivity contribution in [1.82, 2.24) is 10.2 Å². The summed E-state index contributed by atoms with van der Waals surface area (Å²) in [4.78, 5) is 2.53. The molecule has 1 rings (SSSR count). The van der Waals surface area contributed by atoms with Gasteiger partial charge < -0.3 is 15.0 Å². The van der Waals surface area contributed by atoms with Crippen LogP contribution in [0.25, 0.3) is 0 Å². The molecule has 0 saturated carbocycles. The van der Waals surface area contributed by atoms with E-state index in [2.05, 4.69) is 31.0 Å². The smallest absolute Gasteiger partial charge is 0.0468 e. The van der Waals surface area contributed by atoms with Crippen LogP contribution in [0.4, 0.5) is 0 Å². The van der Waals surface area contributed by atoms with E-state index in [9.17, 15) is 0 Å². The van der Waals surface area contributed by atoms with Crippen LogP contribution in [0.15, 0.2) is 0 Å². The Bertz CT molecular complexity index is 201. The number of hydrogen-bond donors (Lipinski definition) is 1. The number of nitrogens with one attached hydrogen (secondary N) is 1. The fraction of sp³-hybridized carbons (Fsp3) is 1.00. The maximum atomic E-state index is 5.47. The van der Waals surface area contributed by atoms with Gasteiger partial charge in [0.2, 0.25) is 0 Å². The van der Waals surface area contributed by atoms with Gasteiger partial charge in [0.25, 0.3) is 0 Å². The van der Waals surface area contributed by atoms with Gasteiger partial charge in [-0.1, -0.05) is 20.8 Å². The number of rotatable bonds is 10. The van der Waals surface area contributed by atoms with Crippen molar-refractivity contribution in [2.75, 3.05) is 39.4 Å². The van der Waals surface area contributed by atoms with Crippen molar-refractivity contribution in [2.24, 2.45) is 5.92 Å². The zero-order valence-corrected chi connectivity index (χ0v) is 13.3. The van der Waals surface area contributed by atoms with E-state index in [-0.39, 0.29) is 0 Å². The van der Waals surface area contributed by atoms with Gasteiger partial charge in [0, 0.05) is 19.3 Å². The van der Waals surface area contributed by atoms with Gasteiger partial charge in [0.1, 0.15) is 0 Å². The lowest BCUT2D eigenvalue weighted by molar-refractivity contribution is 0.0598. The first-order chi connectivity index (χ1) is 9.30. The topological polar surface area (TPSA) is 24.5 Å². The number of hydrogen-bond acceptors (Lipinski definition) is 3. The number of ether oxygens (including phenoxy) is 1. The lowest BCUT2D eigenvalue weighted by Gasteiger charge is -2.29. The first kappa shape index (κ1) is 16.9. The fourth-order valence-electron chi connectivity index (χ4n) is 2.91. The second-order valence-electron chi connectivity index (χ2n) is 5.76. The Hall–Kier alpha value is -0.120. The number of nitrogens with zero attached hydrogens (tertiary/aromatic N) is 1. The summed E-state index contributed by atoms with van der Waals surface area (Å²) in [5, 5.41) is 3.75. The van der Waals surface area contributed by atoms with Crippen molar-refractivity contribution >= 4 is 0 Å². The lowest BCUT2D eigenvalue weighted by atomic mass is 9.91. The average Bonchev–Trinajstić information content (AvgIpc) is 2.46. The van der Waals surface area contributed by atoms with E-state index in [0.717, 1.165) is 25.7 Å². The summed E-state index contributed by atoms with van der Waals surface area (Å²) in [6, 6.07) is 0.698. The van der Waals surface area contributed by atoms with Crippen LogP contribution in [-0.2, 0) is 4.74 Å². The van der Waals surface area contributed by atoms with Gasteiger partial charge in [-0.3, -0.25) is 0 Å². The van der Waals surface area contributed by atoms with E-state index >= 15 is 0 Å². The van der Waals surface area contributed by atoms with Gasteiger partial charge in [0.15, 0.2) is 0 Å². The van der Waals surface area contributed by atoms with Crippen LogP contribution in [0.2, 0.25) is 0 Å². The van der Waals surface area contributed by atoms with Crippen molar-refractivity contribution in [3.8, 4) is 0 Å². The zero-order valence-electron chi connectivity index (χ0n) is 13.3. The highest BCUT2D eigenvalue weighted by atomic mass is 16.5. The summed E-state index contributed by atoms with van der Waals surface area (Å²) < 4.78 is 5.47. The van der Waals surface area contributed by atoms with Crippen LogP contribution in [0.3, 0.4) is 0 Å². The van der Waals surface area contributed by atoms with Crippen LogP contribution in [-0.4, -0.2) is 50.3 Å². The van der Waals surface area contributed by atoms with E-state index in [1.807, 2.05) is 0 Å². The Kier molecular flexibility index (Phi) is 9.48. The third-order valence-electron chi connectivity index (χ3n) is 4.33. The summed E-state index contributed by atoms with van der Waals surface area (Å²) in [6.07, 6.45) is 6.38. The SMILES string of the molecule is CCCNC(CCN(CC)CC)CC1CCOCC1. The first-order valence-corrected chi connectivity index (χ1v) is 8.33. The van der Waals surface area contributed by atoms with Crippen molar-refractivity contribution < 1.29 is 4.74 Å². The lowest BCUT2D eigenvalue weighted by Crippen LogP contribution is -2.37. The normalized spacial score (nSPS) is 18.9. The minimum Gasteiger partial charge on any atom is -0.381 e. The van der Waals surface area contributed by atoms with E-state index in [1.54, 1.807) is 0 Å². The molecule has 1 heterocycles. The van der Waals surface area contributed by atoms with E-state index < -0.39 is 0 Å². The summed E-state index contributed by atoms with van der Waals surface area (Å²) in [5.74, 6) is 0.875. The van der Waals surface area contributed by atoms with Crippen molar-refractivity contribution in [2.45, 2.75) is 58.9 Å². The van der Waals surface area contributed by atoms with Gasteiger partial charge in [0.05, 0.1) is 0 Å². The molecule has 0 spiro atoms. The maximum Gasteiger partial charge on any atom is 0.0468 e. The molecule has 1 saturated heterocycles. The molecule has 114 valence electrons. The molecule has 1 unspecified atom stereocenters. The van der Waals surface area contributed by atoms with Crippen molar-refractivity contribution in [3.05, 3.63) is 0 Å². The molecular weight excluding hydrogens is 236 g/mol.